The van der Waals surface area contributed by atoms with Gasteiger partial charge in [-0.1, -0.05) is 0 Å². The fourth-order valence-electron chi connectivity index (χ4n) is 3.48. The van der Waals surface area contributed by atoms with Gasteiger partial charge in [0.1, 0.15) is 11.6 Å². The first-order chi connectivity index (χ1) is 12.5. The number of fused-ring (bicyclic) bond motifs is 1. The van der Waals surface area contributed by atoms with Crippen LogP contribution in [0.2, 0.25) is 0 Å². The first kappa shape index (κ1) is 18.9. The second-order valence-electron chi connectivity index (χ2n) is 6.45. The van der Waals surface area contributed by atoms with E-state index in [1.165, 1.54) is 4.31 Å². The molecule has 2 aromatic rings. The first-order valence-electron chi connectivity index (χ1n) is 8.75. The minimum Gasteiger partial charge on any atom is -0.496 e. The number of aliphatic hydroxyl groups excluding tert-OH is 1. The smallest absolute Gasteiger partial charge is 0.243 e. The predicted molar refractivity (Wildman–Crippen MR) is 97.5 cm³/mol. The fraction of sp³-hybridized carbons (Fsp3) is 0.500. The molecule has 0 radical (unpaired) electrons. The lowest BCUT2D eigenvalue weighted by atomic mass is 9.91. The Balaban J connectivity index is 2.03. The zero-order chi connectivity index (χ0) is 18.7. The van der Waals surface area contributed by atoms with Crippen molar-refractivity contribution in [2.45, 2.75) is 37.1 Å². The average molecular weight is 379 g/mol. The lowest BCUT2D eigenvalue weighted by Gasteiger charge is -2.26. The number of methoxy groups -OCH3 is 1. The van der Waals surface area contributed by atoms with E-state index in [1.54, 1.807) is 36.2 Å². The van der Waals surface area contributed by atoms with Crippen LogP contribution in [0.4, 0.5) is 0 Å². The molecule has 1 aliphatic carbocycles. The fourth-order valence-corrected chi connectivity index (χ4v) is 5.14. The summed E-state index contributed by atoms with van der Waals surface area (Å²) < 4.78 is 35.2. The molecule has 0 bridgehead atoms. The van der Waals surface area contributed by atoms with Crippen LogP contribution in [0, 0.1) is 0 Å². The number of hydrogen-bond donors (Lipinski definition) is 1. The van der Waals surface area contributed by atoms with Crippen molar-refractivity contribution in [1.82, 2.24) is 13.9 Å². The lowest BCUT2D eigenvalue weighted by Crippen LogP contribution is -2.35. The first-order valence-corrected chi connectivity index (χ1v) is 10.2. The third-order valence-electron chi connectivity index (χ3n) is 4.87. The van der Waals surface area contributed by atoms with Gasteiger partial charge in [0.15, 0.2) is 0 Å². The number of aromatic nitrogens is 2. The number of ether oxygens (including phenoxy) is 1. The van der Waals surface area contributed by atoms with E-state index in [1.807, 2.05) is 7.05 Å². The van der Waals surface area contributed by atoms with Crippen molar-refractivity contribution < 1.29 is 18.3 Å². The van der Waals surface area contributed by atoms with Gasteiger partial charge in [-0.25, -0.2) is 13.4 Å². The van der Waals surface area contributed by atoms with Crippen LogP contribution >= 0.6 is 0 Å². The number of aryl methyl sites for hydroxylation is 1. The van der Waals surface area contributed by atoms with E-state index < -0.39 is 10.0 Å². The summed E-state index contributed by atoms with van der Waals surface area (Å²) in [6.45, 7) is -0.106. The molecule has 142 valence electrons. The van der Waals surface area contributed by atoms with E-state index in [9.17, 15) is 13.5 Å². The topological polar surface area (TPSA) is 84.7 Å². The molecule has 26 heavy (non-hydrogen) atoms. The highest BCUT2D eigenvalue weighted by molar-refractivity contribution is 7.89. The Morgan fingerprint density at radius 3 is 2.62 bits per heavy atom. The van der Waals surface area contributed by atoms with Crippen molar-refractivity contribution in [2.75, 3.05) is 20.3 Å². The van der Waals surface area contributed by atoms with Gasteiger partial charge in [0.05, 0.1) is 25.2 Å². The Hall–Kier alpha value is -1.90. The molecule has 0 aliphatic heterocycles. The summed E-state index contributed by atoms with van der Waals surface area (Å²) in [6, 6.07) is 3.36. The molecule has 1 aromatic carbocycles. The summed E-state index contributed by atoms with van der Waals surface area (Å²) in [4.78, 5) is 4.53. The summed E-state index contributed by atoms with van der Waals surface area (Å²) in [5.41, 5.74) is 1.83. The van der Waals surface area contributed by atoms with Crippen molar-refractivity contribution in [3.8, 4) is 5.75 Å². The summed E-state index contributed by atoms with van der Waals surface area (Å²) >= 11 is 0. The Morgan fingerprint density at radius 2 is 2.00 bits per heavy atom. The van der Waals surface area contributed by atoms with Crippen LogP contribution in [-0.2, 0) is 36.5 Å². The average Bonchev–Trinajstić information content (AvgIpc) is 3.05. The zero-order valence-corrected chi connectivity index (χ0v) is 16.0. The van der Waals surface area contributed by atoms with Gasteiger partial charge in [0, 0.05) is 26.0 Å². The normalized spacial score (nSPS) is 14.5. The predicted octanol–water partition coefficient (Wildman–Crippen LogP) is 1.49. The number of hydrogen-bond acceptors (Lipinski definition) is 5. The molecule has 0 atom stereocenters. The van der Waals surface area contributed by atoms with E-state index in [0.717, 1.165) is 42.6 Å². The molecular formula is C18H25N3O4S. The molecule has 0 unspecified atom stereocenters. The van der Waals surface area contributed by atoms with Crippen molar-refractivity contribution >= 4 is 10.0 Å². The molecule has 3 rings (SSSR count). The van der Waals surface area contributed by atoms with Gasteiger partial charge >= 0.3 is 0 Å². The number of imidazole rings is 1. The minimum absolute atomic E-state index is 0.0238. The highest BCUT2D eigenvalue weighted by atomic mass is 32.2. The van der Waals surface area contributed by atoms with E-state index in [4.69, 9.17) is 4.74 Å². The third kappa shape index (κ3) is 3.49. The van der Waals surface area contributed by atoms with Gasteiger partial charge in [-0.3, -0.25) is 0 Å². The van der Waals surface area contributed by atoms with Crippen LogP contribution in [0.1, 0.15) is 29.8 Å². The number of rotatable bonds is 7. The third-order valence-corrected chi connectivity index (χ3v) is 6.80. The van der Waals surface area contributed by atoms with E-state index >= 15 is 0 Å². The molecule has 1 aliphatic rings. The molecule has 1 N–H and O–H groups in total. The van der Waals surface area contributed by atoms with Crippen LogP contribution < -0.4 is 4.74 Å². The second kappa shape index (κ2) is 7.77. The summed E-state index contributed by atoms with van der Waals surface area (Å²) in [6.07, 6.45) is 6.93. The quantitative estimate of drug-likeness (QED) is 0.788. The molecule has 0 amide bonds. The van der Waals surface area contributed by atoms with Crippen LogP contribution in [0.3, 0.4) is 0 Å². The highest BCUT2D eigenvalue weighted by Crippen LogP contribution is 2.35. The van der Waals surface area contributed by atoms with Gasteiger partial charge in [-0.05, 0) is 48.9 Å². The molecule has 0 spiro atoms. The van der Waals surface area contributed by atoms with Crippen molar-refractivity contribution in [2.24, 2.45) is 7.05 Å². The largest absolute Gasteiger partial charge is 0.496 e. The molecule has 0 saturated carbocycles. The van der Waals surface area contributed by atoms with E-state index in [2.05, 4.69) is 4.98 Å². The standard InChI is InChI=1S/C18H25N3O4S/c1-20-10-9-19-18(20)13-21(11-12-22)26(23,24)17-8-7-16(25-2)14-5-3-4-6-15(14)17/h7-10,22H,3-6,11-13H2,1-2H3. The molecule has 1 aromatic heterocycles. The van der Waals surface area contributed by atoms with Crippen molar-refractivity contribution in [3.05, 3.63) is 41.5 Å². The van der Waals surface area contributed by atoms with Gasteiger partial charge in [-0.15, -0.1) is 0 Å². The van der Waals surface area contributed by atoms with Crippen LogP contribution in [0.5, 0.6) is 5.75 Å². The molecule has 7 nitrogen and oxygen atoms in total. The van der Waals surface area contributed by atoms with Gasteiger partial charge in [-0.2, -0.15) is 4.31 Å². The van der Waals surface area contributed by atoms with E-state index in [0.29, 0.717) is 10.7 Å². The minimum atomic E-state index is -3.76. The molecule has 8 heteroatoms. The highest BCUT2D eigenvalue weighted by Gasteiger charge is 2.30. The van der Waals surface area contributed by atoms with Gasteiger partial charge < -0.3 is 14.4 Å². The Bertz CT molecular complexity index is 877. The molecule has 0 fully saturated rings. The molecule has 0 saturated heterocycles. The van der Waals surface area contributed by atoms with Crippen LogP contribution in [0.25, 0.3) is 0 Å². The lowest BCUT2D eigenvalue weighted by molar-refractivity contribution is 0.248. The van der Waals surface area contributed by atoms with Crippen LogP contribution in [-0.4, -0.2) is 47.6 Å². The van der Waals surface area contributed by atoms with E-state index in [-0.39, 0.29) is 19.7 Å². The summed E-state index contributed by atoms with van der Waals surface area (Å²) in [5, 5.41) is 9.41. The monoisotopic (exact) mass is 379 g/mol. The zero-order valence-electron chi connectivity index (χ0n) is 15.2. The Morgan fingerprint density at radius 1 is 1.27 bits per heavy atom. The molecule has 1 heterocycles. The second-order valence-corrected chi connectivity index (χ2v) is 8.35. The maximum absolute atomic E-state index is 13.4. The number of nitrogens with zero attached hydrogens (tertiary/aromatic N) is 3. The maximum atomic E-state index is 13.4. The summed E-state index contributed by atoms with van der Waals surface area (Å²) in [5.74, 6) is 1.38. The van der Waals surface area contributed by atoms with Crippen LogP contribution in [0.15, 0.2) is 29.4 Å². The maximum Gasteiger partial charge on any atom is 0.243 e. The number of aliphatic hydroxyl groups is 1. The summed E-state index contributed by atoms with van der Waals surface area (Å²) in [7, 11) is -0.329. The SMILES string of the molecule is COc1ccc(S(=O)(=O)N(CCO)Cc2nccn2C)c2c1CCCC2. The van der Waals surface area contributed by atoms with Crippen molar-refractivity contribution in [3.63, 3.8) is 0 Å². The molecular weight excluding hydrogens is 354 g/mol. The Kier molecular flexibility index (Phi) is 5.64. The number of sulfonamides is 1. The van der Waals surface area contributed by atoms with Crippen molar-refractivity contribution in [1.29, 1.82) is 0 Å². The van der Waals surface area contributed by atoms with Gasteiger partial charge in [0.2, 0.25) is 10.0 Å². The number of benzene rings is 1. The van der Waals surface area contributed by atoms with Gasteiger partial charge in [0.25, 0.3) is 0 Å². The Labute approximate surface area is 154 Å².